The van der Waals surface area contributed by atoms with E-state index in [0.717, 1.165) is 11.8 Å². The number of anilines is 1. The molecule has 0 spiro atoms. The monoisotopic (exact) mass is 478 g/mol. The van der Waals surface area contributed by atoms with Gasteiger partial charge in [-0.05, 0) is 55.3 Å². The van der Waals surface area contributed by atoms with Crippen molar-refractivity contribution in [3.8, 4) is 17.6 Å². The number of rotatable bonds is 5. The topological polar surface area (TPSA) is 115 Å². The highest BCUT2D eigenvalue weighted by Crippen LogP contribution is 2.31. The Bertz CT molecular complexity index is 1210. The molecule has 2 aromatic carbocycles. The Labute approximate surface area is 203 Å². The molecule has 0 aromatic heterocycles. The second kappa shape index (κ2) is 10.8. The Morgan fingerprint density at radius 2 is 2.03 bits per heavy atom. The van der Waals surface area contributed by atoms with Crippen LogP contribution in [0.3, 0.4) is 0 Å². The lowest BCUT2D eigenvalue weighted by molar-refractivity contribution is -0.120. The van der Waals surface area contributed by atoms with Gasteiger partial charge in [-0.3, -0.25) is 4.79 Å². The number of carbonyl (C=O) groups excluding carboxylic acids is 2. The molecule has 2 aromatic rings. The van der Waals surface area contributed by atoms with Crippen molar-refractivity contribution in [3.05, 3.63) is 71.2 Å². The van der Waals surface area contributed by atoms with Crippen LogP contribution in [-0.2, 0) is 11.2 Å². The van der Waals surface area contributed by atoms with E-state index >= 15 is 0 Å². The number of urea groups is 1. The molecule has 0 saturated heterocycles. The minimum Gasteiger partial charge on any atom is -0.489 e. The van der Waals surface area contributed by atoms with Crippen molar-refractivity contribution in [3.63, 3.8) is 0 Å². The lowest BCUT2D eigenvalue weighted by Gasteiger charge is -2.20. The molecule has 0 unspecified atom stereocenters. The van der Waals surface area contributed by atoms with Gasteiger partial charge in [-0.2, -0.15) is 0 Å². The zero-order valence-corrected chi connectivity index (χ0v) is 19.7. The van der Waals surface area contributed by atoms with E-state index in [9.17, 15) is 19.1 Å². The van der Waals surface area contributed by atoms with Gasteiger partial charge in [0.15, 0.2) is 0 Å². The highest BCUT2D eigenvalue weighted by atomic mass is 19.1. The number of hydrogen-bond donors (Lipinski definition) is 4. The maximum atomic E-state index is 13.1. The van der Waals surface area contributed by atoms with Gasteiger partial charge in [0.2, 0.25) is 0 Å². The molecule has 1 atom stereocenters. The molecule has 0 aliphatic carbocycles. The molecule has 0 radical (unpaired) electrons. The first-order valence-corrected chi connectivity index (χ1v) is 10.9. The fourth-order valence-electron chi connectivity index (χ4n) is 3.24. The third-order valence-electron chi connectivity index (χ3n) is 5.07. The highest BCUT2D eigenvalue weighted by molar-refractivity contribution is 6.00. The maximum absolute atomic E-state index is 13.1. The van der Waals surface area contributed by atoms with E-state index in [-0.39, 0.29) is 18.3 Å². The Hall–Kier alpha value is -4.16. The van der Waals surface area contributed by atoms with Crippen LogP contribution in [0.25, 0.3) is 0 Å². The molecular formula is C26H27FN4O4. The van der Waals surface area contributed by atoms with Gasteiger partial charge in [0.1, 0.15) is 29.8 Å². The molecule has 0 saturated carbocycles. The normalized spacial score (nSPS) is 15.7. The fraction of sp³-hybridized carbons (Fsp3) is 0.269. The molecule has 0 fully saturated rings. The van der Waals surface area contributed by atoms with Gasteiger partial charge in [-0.15, -0.1) is 0 Å². The van der Waals surface area contributed by atoms with Gasteiger partial charge >= 0.3 is 6.03 Å². The zero-order valence-electron chi connectivity index (χ0n) is 19.7. The van der Waals surface area contributed by atoms with Crippen molar-refractivity contribution < 1.29 is 23.8 Å². The zero-order chi connectivity index (χ0) is 25.6. The van der Waals surface area contributed by atoms with E-state index in [0.29, 0.717) is 29.0 Å². The average Bonchev–Trinajstić information content (AvgIpc) is 2.93. The smallest absolute Gasteiger partial charge is 0.319 e. The van der Waals surface area contributed by atoms with Gasteiger partial charge in [-0.25, -0.2) is 9.18 Å². The molecule has 3 rings (SSSR count). The van der Waals surface area contributed by atoms with E-state index in [4.69, 9.17) is 10.1 Å². The highest BCUT2D eigenvalue weighted by Gasteiger charge is 2.30. The Morgan fingerprint density at radius 1 is 1.31 bits per heavy atom. The summed E-state index contributed by atoms with van der Waals surface area (Å²) in [4.78, 5) is 26.8. The largest absolute Gasteiger partial charge is 0.489 e. The predicted molar refractivity (Wildman–Crippen MR) is 131 cm³/mol. The molecule has 182 valence electrons. The van der Waals surface area contributed by atoms with E-state index in [1.54, 1.807) is 51.2 Å². The van der Waals surface area contributed by atoms with Crippen LogP contribution in [0.4, 0.5) is 14.9 Å². The van der Waals surface area contributed by atoms with E-state index in [2.05, 4.69) is 22.5 Å². The van der Waals surface area contributed by atoms with Crippen LogP contribution in [0.1, 0.15) is 25.0 Å². The number of fused-ring (bicyclic) bond motifs is 1. The third kappa shape index (κ3) is 7.16. The molecule has 1 aliphatic heterocycles. The summed E-state index contributed by atoms with van der Waals surface area (Å²) >= 11 is 0. The number of carbonyl (C=O) groups is 2. The lowest BCUT2D eigenvalue weighted by Crippen LogP contribution is -2.51. The van der Waals surface area contributed by atoms with Crippen LogP contribution in [0, 0.1) is 23.1 Å². The molecular weight excluding hydrogens is 451 g/mol. The van der Waals surface area contributed by atoms with Crippen LogP contribution in [-0.4, -0.2) is 48.6 Å². The predicted octanol–water partition coefficient (Wildman–Crippen LogP) is 2.75. The summed E-state index contributed by atoms with van der Waals surface area (Å²) in [6.45, 7) is 3.08. The van der Waals surface area contributed by atoms with Crippen molar-refractivity contribution in [2.45, 2.75) is 31.9 Å². The summed E-state index contributed by atoms with van der Waals surface area (Å²) in [7, 11) is 1.57. The van der Waals surface area contributed by atoms with Crippen molar-refractivity contribution in [2.75, 3.05) is 18.6 Å². The van der Waals surface area contributed by atoms with E-state index in [1.807, 2.05) is 0 Å². The molecule has 9 heteroatoms. The van der Waals surface area contributed by atoms with Crippen LogP contribution in [0.5, 0.6) is 5.75 Å². The molecule has 1 heterocycles. The minimum absolute atomic E-state index is 0.0744. The Morgan fingerprint density at radius 3 is 2.69 bits per heavy atom. The van der Waals surface area contributed by atoms with Crippen LogP contribution in [0.2, 0.25) is 0 Å². The summed E-state index contributed by atoms with van der Waals surface area (Å²) < 4.78 is 18.8. The third-order valence-corrected chi connectivity index (χ3v) is 5.07. The first-order chi connectivity index (χ1) is 16.6. The van der Waals surface area contributed by atoms with Gasteiger partial charge in [-0.1, -0.05) is 24.0 Å². The number of benzene rings is 2. The van der Waals surface area contributed by atoms with Crippen molar-refractivity contribution in [2.24, 2.45) is 0 Å². The molecule has 8 nitrogen and oxygen atoms in total. The lowest BCUT2D eigenvalue weighted by atomic mass is 10.1. The van der Waals surface area contributed by atoms with E-state index in [1.165, 1.54) is 23.2 Å². The molecule has 1 aliphatic rings. The quantitative estimate of drug-likeness (QED) is 0.391. The first kappa shape index (κ1) is 25.5. The van der Waals surface area contributed by atoms with Gasteiger partial charge in [0.25, 0.3) is 5.91 Å². The Kier molecular flexibility index (Phi) is 7.89. The SMILES string of the molecule is CN1C(=O)[C@@H](NC(=O)N/C=C(\C=N)Cc2ccc(F)cc2)COc2ccc(C#CC(C)(C)O)cc21. The Balaban J connectivity index is 1.66. The summed E-state index contributed by atoms with van der Waals surface area (Å²) in [6.07, 6.45) is 2.78. The molecule has 0 bridgehead atoms. The van der Waals surface area contributed by atoms with Crippen molar-refractivity contribution in [1.29, 1.82) is 5.41 Å². The second-order valence-electron chi connectivity index (χ2n) is 8.54. The standard InChI is InChI=1S/C26H27FN4O4/c1-26(2,34)11-10-18-6-9-23-22(13-18)31(3)24(32)21(16-35-23)30-25(33)29-15-19(14-28)12-17-4-7-20(27)8-5-17/h4-9,13-15,21,28,34H,12,16H2,1-3H3,(H2,29,30,33)/b19-15-,28-14?/t21-/m0/s1. The number of hydrogen-bond acceptors (Lipinski definition) is 5. The number of ether oxygens (including phenoxy) is 1. The van der Waals surface area contributed by atoms with Crippen molar-refractivity contribution >= 4 is 23.8 Å². The number of nitrogens with zero attached hydrogens (tertiary/aromatic N) is 1. The maximum Gasteiger partial charge on any atom is 0.319 e. The first-order valence-electron chi connectivity index (χ1n) is 10.9. The average molecular weight is 479 g/mol. The summed E-state index contributed by atoms with van der Waals surface area (Å²) in [5.74, 6) is 5.32. The number of likely N-dealkylation sites (N-methyl/N-ethyl adjacent to an activating group) is 1. The van der Waals surface area contributed by atoms with Crippen LogP contribution in [0.15, 0.2) is 54.2 Å². The summed E-state index contributed by atoms with van der Waals surface area (Å²) in [5.41, 5.74) is 1.20. The minimum atomic E-state index is -1.15. The van der Waals surface area contributed by atoms with Crippen LogP contribution >= 0.6 is 0 Å². The molecule has 35 heavy (non-hydrogen) atoms. The number of allylic oxidation sites excluding steroid dienone is 1. The number of halogens is 1. The summed E-state index contributed by atoms with van der Waals surface area (Å²) in [6, 6.07) is 9.36. The second-order valence-corrected chi connectivity index (χ2v) is 8.54. The van der Waals surface area contributed by atoms with Crippen molar-refractivity contribution in [1.82, 2.24) is 10.6 Å². The number of amides is 3. The number of aliphatic hydroxyl groups is 1. The van der Waals surface area contributed by atoms with E-state index < -0.39 is 17.7 Å². The number of nitrogens with one attached hydrogen (secondary N) is 3. The fourth-order valence-corrected chi connectivity index (χ4v) is 3.24. The van der Waals surface area contributed by atoms with Crippen LogP contribution < -0.4 is 20.3 Å². The van der Waals surface area contributed by atoms with Gasteiger partial charge in [0, 0.05) is 31.4 Å². The summed E-state index contributed by atoms with van der Waals surface area (Å²) in [5, 5.41) is 22.5. The molecule has 3 amide bonds. The van der Waals surface area contributed by atoms with Gasteiger partial charge < -0.3 is 30.8 Å². The molecule has 4 N–H and O–H groups in total. The van der Waals surface area contributed by atoms with Gasteiger partial charge in [0.05, 0.1) is 5.69 Å².